The summed E-state index contributed by atoms with van der Waals surface area (Å²) in [7, 11) is -2.13. The van der Waals surface area contributed by atoms with Crippen molar-refractivity contribution < 1.29 is 22.3 Å². The highest BCUT2D eigenvalue weighted by Gasteiger charge is 2.48. The molecular formula is C23H27FN2O4S. The minimum Gasteiger partial charge on any atom is -0.497 e. The van der Waals surface area contributed by atoms with Crippen LogP contribution in [0.1, 0.15) is 31.2 Å². The predicted molar refractivity (Wildman–Crippen MR) is 115 cm³/mol. The molecule has 3 atom stereocenters. The second kappa shape index (κ2) is 8.59. The largest absolute Gasteiger partial charge is 0.497 e. The summed E-state index contributed by atoms with van der Waals surface area (Å²) < 4.78 is 46.7. The lowest BCUT2D eigenvalue weighted by Gasteiger charge is -2.38. The quantitative estimate of drug-likeness (QED) is 0.707. The molecular weight excluding hydrogens is 419 g/mol. The van der Waals surface area contributed by atoms with E-state index in [0.717, 1.165) is 5.56 Å². The van der Waals surface area contributed by atoms with Crippen molar-refractivity contribution in [2.24, 2.45) is 5.92 Å². The smallest absolute Gasteiger partial charge is 0.243 e. The van der Waals surface area contributed by atoms with Crippen LogP contribution in [0.2, 0.25) is 0 Å². The van der Waals surface area contributed by atoms with E-state index < -0.39 is 10.0 Å². The van der Waals surface area contributed by atoms with Crippen LogP contribution in [-0.4, -0.2) is 56.3 Å². The number of carbonyl (C=O) groups excluding carboxylic acids is 1. The zero-order valence-electron chi connectivity index (χ0n) is 17.7. The second-order valence-corrected chi connectivity index (χ2v) is 10.1. The monoisotopic (exact) mass is 446 g/mol. The van der Waals surface area contributed by atoms with Gasteiger partial charge in [0.1, 0.15) is 11.6 Å². The SMILES string of the molecule is CCC(=O)N1C[C@H](c2ccc(F)cc2)[C@H]2CN(S(=O)(=O)c3ccc(OC)cc3)CC[C@H]21. The van der Waals surface area contributed by atoms with Crippen LogP contribution < -0.4 is 4.74 Å². The van der Waals surface area contributed by atoms with Gasteiger partial charge >= 0.3 is 0 Å². The Morgan fingerprint density at radius 1 is 1.10 bits per heavy atom. The Morgan fingerprint density at radius 2 is 1.77 bits per heavy atom. The number of halogens is 1. The van der Waals surface area contributed by atoms with Crippen LogP contribution in [0.5, 0.6) is 5.75 Å². The second-order valence-electron chi connectivity index (χ2n) is 8.12. The molecule has 0 radical (unpaired) electrons. The number of methoxy groups -OCH3 is 1. The lowest BCUT2D eigenvalue weighted by Crippen LogP contribution is -2.49. The molecule has 0 saturated carbocycles. The van der Waals surface area contributed by atoms with Crippen molar-refractivity contribution in [3.05, 3.63) is 59.9 Å². The molecule has 31 heavy (non-hydrogen) atoms. The number of piperidine rings is 1. The van der Waals surface area contributed by atoms with E-state index in [1.165, 1.54) is 23.5 Å². The van der Waals surface area contributed by atoms with E-state index in [1.54, 1.807) is 36.4 Å². The maximum absolute atomic E-state index is 13.5. The van der Waals surface area contributed by atoms with Gasteiger partial charge < -0.3 is 9.64 Å². The van der Waals surface area contributed by atoms with Crippen LogP contribution in [0.15, 0.2) is 53.4 Å². The summed E-state index contributed by atoms with van der Waals surface area (Å²) in [6.07, 6.45) is 0.997. The van der Waals surface area contributed by atoms with Crippen molar-refractivity contribution in [3.8, 4) is 5.75 Å². The molecule has 2 aliphatic rings. The molecule has 0 unspecified atom stereocenters. The fourth-order valence-electron chi connectivity index (χ4n) is 4.87. The molecule has 2 saturated heterocycles. The van der Waals surface area contributed by atoms with Crippen LogP contribution in [0.25, 0.3) is 0 Å². The van der Waals surface area contributed by atoms with Crippen LogP contribution in [0.3, 0.4) is 0 Å². The Balaban J connectivity index is 1.63. The first-order chi connectivity index (χ1) is 14.8. The van der Waals surface area contributed by atoms with E-state index in [1.807, 2.05) is 11.8 Å². The van der Waals surface area contributed by atoms with E-state index in [-0.39, 0.29) is 34.5 Å². The van der Waals surface area contributed by atoms with Gasteiger partial charge in [-0.3, -0.25) is 4.79 Å². The van der Waals surface area contributed by atoms with Crippen molar-refractivity contribution in [3.63, 3.8) is 0 Å². The normalized spacial score (nSPS) is 24.1. The summed E-state index contributed by atoms with van der Waals surface area (Å²) in [6, 6.07) is 12.7. The third kappa shape index (κ3) is 4.06. The van der Waals surface area contributed by atoms with Gasteiger partial charge in [0.15, 0.2) is 0 Å². The van der Waals surface area contributed by atoms with Gasteiger partial charge in [0, 0.05) is 43.9 Å². The number of ether oxygens (including phenoxy) is 1. The summed E-state index contributed by atoms with van der Waals surface area (Å²) in [5, 5.41) is 0. The fraction of sp³-hybridized carbons (Fsp3) is 0.435. The van der Waals surface area contributed by atoms with Gasteiger partial charge in [0.05, 0.1) is 12.0 Å². The van der Waals surface area contributed by atoms with Crippen LogP contribution in [-0.2, 0) is 14.8 Å². The summed E-state index contributed by atoms with van der Waals surface area (Å²) in [4.78, 5) is 14.7. The Morgan fingerprint density at radius 3 is 2.39 bits per heavy atom. The standard InChI is InChI=1S/C23H27FN2O4S/c1-3-23(27)26-15-20(16-4-6-17(24)7-5-16)21-14-25(13-12-22(21)26)31(28,29)19-10-8-18(30-2)9-11-19/h4-11,20-22H,3,12-15H2,1-2H3/t20-,21-,22-/m1/s1. The number of amides is 1. The number of fused-ring (bicyclic) bond motifs is 1. The maximum Gasteiger partial charge on any atom is 0.243 e. The summed E-state index contributed by atoms with van der Waals surface area (Å²) in [6.45, 7) is 3.06. The summed E-state index contributed by atoms with van der Waals surface area (Å²) in [5.74, 6) is 0.287. The third-order valence-electron chi connectivity index (χ3n) is 6.51. The van der Waals surface area contributed by atoms with Gasteiger partial charge in [-0.1, -0.05) is 19.1 Å². The number of hydrogen-bond acceptors (Lipinski definition) is 4. The molecule has 6 nitrogen and oxygen atoms in total. The number of benzene rings is 2. The molecule has 0 aliphatic carbocycles. The van der Waals surface area contributed by atoms with Crippen molar-refractivity contribution in [2.45, 2.75) is 36.6 Å². The predicted octanol–water partition coefficient (Wildman–Crippen LogP) is 3.25. The average molecular weight is 447 g/mol. The molecule has 0 spiro atoms. The molecule has 0 N–H and O–H groups in total. The zero-order valence-corrected chi connectivity index (χ0v) is 18.5. The van der Waals surface area contributed by atoms with Gasteiger partial charge in [-0.15, -0.1) is 0 Å². The average Bonchev–Trinajstić information content (AvgIpc) is 3.18. The third-order valence-corrected chi connectivity index (χ3v) is 8.39. The van der Waals surface area contributed by atoms with E-state index in [2.05, 4.69) is 0 Å². The molecule has 166 valence electrons. The molecule has 4 rings (SSSR count). The van der Waals surface area contributed by atoms with Crippen molar-refractivity contribution >= 4 is 15.9 Å². The van der Waals surface area contributed by atoms with Crippen LogP contribution in [0, 0.1) is 11.7 Å². The Kier molecular flexibility index (Phi) is 6.03. The molecule has 0 bridgehead atoms. The molecule has 2 aromatic carbocycles. The molecule has 0 aromatic heterocycles. The molecule has 8 heteroatoms. The maximum atomic E-state index is 13.5. The lowest BCUT2D eigenvalue weighted by atomic mass is 9.82. The number of likely N-dealkylation sites (tertiary alicyclic amines) is 1. The zero-order chi connectivity index (χ0) is 22.2. The van der Waals surface area contributed by atoms with Crippen LogP contribution in [0.4, 0.5) is 4.39 Å². The van der Waals surface area contributed by atoms with E-state index in [9.17, 15) is 17.6 Å². The minimum atomic E-state index is -3.67. The van der Waals surface area contributed by atoms with Gasteiger partial charge in [0.25, 0.3) is 0 Å². The minimum absolute atomic E-state index is 0.00943. The van der Waals surface area contributed by atoms with Crippen molar-refractivity contribution in [1.82, 2.24) is 9.21 Å². The number of rotatable bonds is 5. The highest BCUT2D eigenvalue weighted by Crippen LogP contribution is 2.42. The van der Waals surface area contributed by atoms with E-state index in [4.69, 9.17) is 4.74 Å². The number of sulfonamides is 1. The lowest BCUT2D eigenvalue weighted by molar-refractivity contribution is -0.132. The molecule has 2 aromatic rings. The highest BCUT2D eigenvalue weighted by molar-refractivity contribution is 7.89. The first-order valence-electron chi connectivity index (χ1n) is 10.5. The van der Waals surface area contributed by atoms with Gasteiger partial charge in [-0.05, 0) is 48.4 Å². The number of nitrogens with zero attached hydrogens (tertiary/aromatic N) is 2. The van der Waals surface area contributed by atoms with Gasteiger partial charge in [-0.25, -0.2) is 12.8 Å². The molecule has 1 amide bonds. The first kappa shape index (κ1) is 21.8. The summed E-state index contributed by atoms with van der Waals surface area (Å²) >= 11 is 0. The first-order valence-corrected chi connectivity index (χ1v) is 12.0. The van der Waals surface area contributed by atoms with E-state index >= 15 is 0 Å². The summed E-state index contributed by atoms with van der Waals surface area (Å²) in [5.41, 5.74) is 0.937. The van der Waals surface area contributed by atoms with Crippen molar-refractivity contribution in [2.75, 3.05) is 26.7 Å². The van der Waals surface area contributed by atoms with Gasteiger partial charge in [-0.2, -0.15) is 4.31 Å². The Labute approximate surface area is 182 Å². The number of hydrogen-bond donors (Lipinski definition) is 0. The van der Waals surface area contributed by atoms with E-state index in [0.29, 0.717) is 38.2 Å². The Bertz CT molecular complexity index is 1040. The topological polar surface area (TPSA) is 66.9 Å². The molecule has 2 heterocycles. The fourth-order valence-corrected chi connectivity index (χ4v) is 6.36. The molecule has 2 fully saturated rings. The van der Waals surface area contributed by atoms with Crippen LogP contribution >= 0.6 is 0 Å². The molecule has 2 aliphatic heterocycles. The Hall–Kier alpha value is -2.45. The van der Waals surface area contributed by atoms with Gasteiger partial charge in [0.2, 0.25) is 15.9 Å². The van der Waals surface area contributed by atoms with Crippen molar-refractivity contribution in [1.29, 1.82) is 0 Å². The highest BCUT2D eigenvalue weighted by atomic mass is 32.2. The number of carbonyl (C=O) groups is 1.